The lowest BCUT2D eigenvalue weighted by molar-refractivity contribution is 0.0442. The van der Waals surface area contributed by atoms with E-state index >= 15 is 0 Å². The SMILES string of the molecule is CC(C)N(CC(O)COc1ccccc1C(=O)Nc1cccc2[nH]ccc12)C(C)C. The minimum absolute atomic E-state index is 0.119. The molecule has 1 amide bonds. The van der Waals surface area contributed by atoms with E-state index in [4.69, 9.17) is 4.74 Å². The first-order valence-corrected chi connectivity index (χ1v) is 10.4. The number of nitrogens with zero attached hydrogens (tertiary/aromatic N) is 1. The summed E-state index contributed by atoms with van der Waals surface area (Å²) in [5.41, 5.74) is 2.13. The molecule has 0 aliphatic heterocycles. The number of H-pyrrole nitrogens is 1. The molecule has 3 rings (SSSR count). The highest BCUT2D eigenvalue weighted by Crippen LogP contribution is 2.25. The molecule has 0 radical (unpaired) electrons. The van der Waals surface area contributed by atoms with Gasteiger partial charge in [0, 0.05) is 35.7 Å². The van der Waals surface area contributed by atoms with Crippen molar-refractivity contribution >= 4 is 22.5 Å². The number of benzene rings is 2. The van der Waals surface area contributed by atoms with Crippen LogP contribution >= 0.6 is 0 Å². The van der Waals surface area contributed by atoms with Crippen molar-refractivity contribution in [3.05, 3.63) is 60.3 Å². The molecule has 0 bridgehead atoms. The average Bonchev–Trinajstić information content (AvgIpc) is 3.20. The van der Waals surface area contributed by atoms with Gasteiger partial charge < -0.3 is 20.1 Å². The van der Waals surface area contributed by atoms with Crippen LogP contribution < -0.4 is 10.1 Å². The van der Waals surface area contributed by atoms with Gasteiger partial charge in [-0.2, -0.15) is 0 Å². The second-order valence-corrected chi connectivity index (χ2v) is 8.04. The molecule has 1 heterocycles. The van der Waals surface area contributed by atoms with Crippen molar-refractivity contribution in [1.82, 2.24) is 9.88 Å². The number of aliphatic hydroxyl groups excluding tert-OH is 1. The third-order valence-electron chi connectivity index (χ3n) is 5.15. The van der Waals surface area contributed by atoms with Crippen LogP contribution in [0.2, 0.25) is 0 Å². The van der Waals surface area contributed by atoms with Gasteiger partial charge in [-0.1, -0.05) is 18.2 Å². The van der Waals surface area contributed by atoms with Crippen molar-refractivity contribution in [3.8, 4) is 5.75 Å². The highest BCUT2D eigenvalue weighted by molar-refractivity contribution is 6.10. The maximum absolute atomic E-state index is 12.9. The standard InChI is InChI=1S/C24H31N3O3/c1-16(2)27(17(3)4)14-18(28)15-30-23-11-6-5-8-20(23)24(29)26-22-10-7-9-21-19(22)12-13-25-21/h5-13,16-18,25,28H,14-15H2,1-4H3,(H,26,29). The Bertz CT molecular complexity index is 972. The van der Waals surface area contributed by atoms with Gasteiger partial charge in [0.25, 0.3) is 5.91 Å². The molecule has 0 aliphatic rings. The number of rotatable bonds is 9. The molecule has 0 aliphatic carbocycles. The Kier molecular flexibility index (Phi) is 7.13. The molecule has 0 fully saturated rings. The number of aliphatic hydroxyl groups is 1. The van der Waals surface area contributed by atoms with E-state index in [1.807, 2.05) is 36.5 Å². The summed E-state index contributed by atoms with van der Waals surface area (Å²) in [6, 6.07) is 15.4. The summed E-state index contributed by atoms with van der Waals surface area (Å²) >= 11 is 0. The molecule has 0 saturated carbocycles. The van der Waals surface area contributed by atoms with Crippen LogP contribution in [0.5, 0.6) is 5.75 Å². The van der Waals surface area contributed by atoms with Gasteiger partial charge in [-0.3, -0.25) is 9.69 Å². The Balaban J connectivity index is 1.68. The maximum atomic E-state index is 12.9. The molecule has 6 nitrogen and oxygen atoms in total. The number of aromatic nitrogens is 1. The molecule has 30 heavy (non-hydrogen) atoms. The van der Waals surface area contributed by atoms with Crippen LogP contribution in [0.1, 0.15) is 38.1 Å². The minimum atomic E-state index is -0.653. The normalized spacial score (nSPS) is 12.7. The van der Waals surface area contributed by atoms with Gasteiger partial charge in [0.05, 0.1) is 11.3 Å². The lowest BCUT2D eigenvalue weighted by Gasteiger charge is -2.32. The number of fused-ring (bicyclic) bond motifs is 1. The van der Waals surface area contributed by atoms with E-state index in [2.05, 4.69) is 42.9 Å². The Morgan fingerprint density at radius 3 is 2.53 bits per heavy atom. The molecule has 1 aromatic heterocycles. The molecular weight excluding hydrogens is 378 g/mol. The quantitative estimate of drug-likeness (QED) is 0.493. The fourth-order valence-corrected chi connectivity index (χ4v) is 3.66. The van der Waals surface area contributed by atoms with Gasteiger partial charge in [-0.05, 0) is 58.0 Å². The van der Waals surface area contributed by atoms with E-state index in [0.717, 1.165) is 16.6 Å². The third kappa shape index (κ3) is 5.20. The monoisotopic (exact) mass is 409 g/mol. The number of nitrogens with one attached hydrogen (secondary N) is 2. The molecule has 0 saturated heterocycles. The summed E-state index contributed by atoms with van der Waals surface area (Å²) < 4.78 is 5.85. The topological polar surface area (TPSA) is 77.6 Å². The second kappa shape index (κ2) is 9.78. The van der Waals surface area contributed by atoms with E-state index in [1.165, 1.54) is 0 Å². The van der Waals surface area contributed by atoms with Gasteiger partial charge in [-0.15, -0.1) is 0 Å². The molecule has 160 valence electrons. The zero-order chi connectivity index (χ0) is 21.7. The van der Waals surface area contributed by atoms with E-state index in [-0.39, 0.29) is 12.5 Å². The summed E-state index contributed by atoms with van der Waals surface area (Å²) in [7, 11) is 0. The van der Waals surface area contributed by atoms with Crippen LogP contribution in [0.25, 0.3) is 10.9 Å². The van der Waals surface area contributed by atoms with E-state index in [1.54, 1.807) is 18.2 Å². The van der Waals surface area contributed by atoms with Crippen LogP contribution in [0, 0.1) is 0 Å². The zero-order valence-corrected chi connectivity index (χ0v) is 18.1. The number of amides is 1. The molecule has 1 atom stereocenters. The Labute approximate surface area is 177 Å². The first-order valence-electron chi connectivity index (χ1n) is 10.4. The number of para-hydroxylation sites is 1. The molecule has 6 heteroatoms. The highest BCUT2D eigenvalue weighted by Gasteiger charge is 2.19. The largest absolute Gasteiger partial charge is 0.490 e. The number of ether oxygens (including phenoxy) is 1. The fourth-order valence-electron chi connectivity index (χ4n) is 3.66. The van der Waals surface area contributed by atoms with Crippen molar-refractivity contribution in [2.24, 2.45) is 0 Å². The predicted molar refractivity (Wildman–Crippen MR) is 121 cm³/mol. The van der Waals surface area contributed by atoms with Crippen LogP contribution in [0.15, 0.2) is 54.7 Å². The molecule has 2 aromatic carbocycles. The van der Waals surface area contributed by atoms with Crippen molar-refractivity contribution in [3.63, 3.8) is 0 Å². The predicted octanol–water partition coefficient (Wildman–Crippen LogP) is 4.28. The average molecular weight is 410 g/mol. The highest BCUT2D eigenvalue weighted by atomic mass is 16.5. The molecule has 1 unspecified atom stereocenters. The van der Waals surface area contributed by atoms with E-state index in [9.17, 15) is 9.90 Å². The van der Waals surface area contributed by atoms with Crippen molar-refractivity contribution < 1.29 is 14.6 Å². The van der Waals surface area contributed by atoms with Crippen LogP contribution in [0.4, 0.5) is 5.69 Å². The number of carbonyl (C=O) groups is 1. The number of carbonyl (C=O) groups excluding carboxylic acids is 1. The van der Waals surface area contributed by atoms with Crippen molar-refractivity contribution in [2.45, 2.75) is 45.9 Å². The maximum Gasteiger partial charge on any atom is 0.259 e. The smallest absolute Gasteiger partial charge is 0.259 e. The molecular formula is C24H31N3O3. The van der Waals surface area contributed by atoms with Gasteiger partial charge >= 0.3 is 0 Å². The number of hydrogen-bond acceptors (Lipinski definition) is 4. The summed E-state index contributed by atoms with van der Waals surface area (Å²) in [5, 5.41) is 14.4. The van der Waals surface area contributed by atoms with Gasteiger partial charge in [0.15, 0.2) is 0 Å². The lowest BCUT2D eigenvalue weighted by atomic mass is 10.1. The fraction of sp³-hybridized carbons (Fsp3) is 0.375. The number of anilines is 1. The van der Waals surface area contributed by atoms with Crippen LogP contribution in [-0.4, -0.2) is 52.2 Å². The van der Waals surface area contributed by atoms with Gasteiger partial charge in [0.1, 0.15) is 18.5 Å². The van der Waals surface area contributed by atoms with Crippen molar-refractivity contribution in [2.75, 3.05) is 18.5 Å². The molecule has 3 N–H and O–H groups in total. The van der Waals surface area contributed by atoms with Gasteiger partial charge in [0.2, 0.25) is 0 Å². The summed E-state index contributed by atoms with van der Waals surface area (Å²) in [4.78, 5) is 18.3. The Morgan fingerprint density at radius 2 is 1.80 bits per heavy atom. The number of hydrogen-bond donors (Lipinski definition) is 3. The van der Waals surface area contributed by atoms with E-state index in [0.29, 0.717) is 29.9 Å². The van der Waals surface area contributed by atoms with Crippen LogP contribution in [-0.2, 0) is 0 Å². The lowest BCUT2D eigenvalue weighted by Crippen LogP contribution is -2.43. The van der Waals surface area contributed by atoms with E-state index < -0.39 is 6.10 Å². The van der Waals surface area contributed by atoms with Crippen molar-refractivity contribution in [1.29, 1.82) is 0 Å². The second-order valence-electron chi connectivity index (χ2n) is 8.04. The first kappa shape index (κ1) is 21.9. The summed E-state index contributed by atoms with van der Waals surface area (Å²) in [6.45, 7) is 9.07. The number of aromatic amines is 1. The summed E-state index contributed by atoms with van der Waals surface area (Å²) in [5.74, 6) is 0.204. The van der Waals surface area contributed by atoms with Crippen LogP contribution in [0.3, 0.4) is 0 Å². The third-order valence-corrected chi connectivity index (χ3v) is 5.15. The zero-order valence-electron chi connectivity index (χ0n) is 18.1. The first-order chi connectivity index (χ1) is 14.4. The molecule has 3 aromatic rings. The van der Waals surface area contributed by atoms with Gasteiger partial charge in [-0.25, -0.2) is 0 Å². The molecule has 0 spiro atoms. The Morgan fingerprint density at radius 1 is 1.07 bits per heavy atom. The minimum Gasteiger partial charge on any atom is -0.490 e. The Hall–Kier alpha value is -2.83. The summed E-state index contributed by atoms with van der Waals surface area (Å²) in [6.07, 6.45) is 1.19.